The van der Waals surface area contributed by atoms with Crippen LogP contribution in [0, 0.1) is 0 Å². The van der Waals surface area contributed by atoms with E-state index in [0.717, 1.165) is 6.07 Å². The third kappa shape index (κ3) is 2.35. The summed E-state index contributed by atoms with van der Waals surface area (Å²) in [7, 11) is 0. The van der Waals surface area contributed by atoms with Crippen molar-refractivity contribution >= 4 is 0 Å². The van der Waals surface area contributed by atoms with Gasteiger partial charge in [-0.1, -0.05) is 0 Å². The number of nitrogens with zero attached hydrogens (tertiary/aromatic N) is 1. The van der Waals surface area contributed by atoms with Crippen LogP contribution in [0.25, 0.3) is 0 Å². The molecule has 1 saturated heterocycles. The summed E-state index contributed by atoms with van der Waals surface area (Å²) in [5.74, 6) is -0.266. The van der Waals surface area contributed by atoms with Crippen LogP contribution in [0.3, 0.4) is 0 Å². The maximum Gasteiger partial charge on any atom is 0.573 e. The molecule has 1 unspecified atom stereocenters. The number of hydrogen-bond acceptors (Lipinski definition) is 3. The van der Waals surface area contributed by atoms with Gasteiger partial charge < -0.3 is 9.47 Å². The highest BCUT2D eigenvalue weighted by atomic mass is 19.4. The molecular formula is C8H6F3NO2. The van der Waals surface area contributed by atoms with E-state index in [4.69, 9.17) is 4.74 Å². The molecule has 1 fully saturated rings. The van der Waals surface area contributed by atoms with Gasteiger partial charge in [-0.25, -0.2) is 0 Å². The lowest BCUT2D eigenvalue weighted by Crippen LogP contribution is -2.17. The maximum atomic E-state index is 11.8. The largest absolute Gasteiger partial charge is 0.573 e. The zero-order valence-corrected chi connectivity index (χ0v) is 6.91. The van der Waals surface area contributed by atoms with E-state index in [2.05, 4.69) is 9.72 Å². The average Bonchev–Trinajstić information content (AvgIpc) is 2.83. The minimum Gasteiger partial charge on any atom is -0.406 e. The molecule has 0 spiro atoms. The van der Waals surface area contributed by atoms with E-state index in [1.54, 1.807) is 0 Å². The first kappa shape index (κ1) is 9.26. The number of halogens is 3. The van der Waals surface area contributed by atoms with Gasteiger partial charge in [0.2, 0.25) is 0 Å². The van der Waals surface area contributed by atoms with Gasteiger partial charge in [0.15, 0.2) is 0 Å². The molecule has 1 aliphatic heterocycles. The molecule has 0 N–H and O–H groups in total. The van der Waals surface area contributed by atoms with Crippen molar-refractivity contribution in [1.29, 1.82) is 0 Å². The lowest BCUT2D eigenvalue weighted by molar-refractivity contribution is -0.274. The third-order valence-corrected chi connectivity index (χ3v) is 1.65. The standard InChI is InChI=1S/C8H6F3NO2/c9-8(10,11)14-5-1-2-12-6(3-5)7-4-13-7/h1-3,7H,4H2. The molecule has 1 aromatic rings. The number of alkyl halides is 3. The molecule has 1 aliphatic rings. The zero-order chi connectivity index (χ0) is 10.2. The first-order valence-electron chi connectivity index (χ1n) is 3.88. The second-order valence-corrected chi connectivity index (χ2v) is 2.79. The van der Waals surface area contributed by atoms with Gasteiger partial charge in [0.05, 0.1) is 12.3 Å². The smallest absolute Gasteiger partial charge is 0.406 e. The topological polar surface area (TPSA) is 34.6 Å². The van der Waals surface area contributed by atoms with E-state index < -0.39 is 6.36 Å². The predicted molar refractivity (Wildman–Crippen MR) is 39.6 cm³/mol. The molecule has 0 amide bonds. The Labute approximate surface area is 77.5 Å². The summed E-state index contributed by atoms with van der Waals surface area (Å²) in [6.07, 6.45) is -3.58. The lowest BCUT2D eigenvalue weighted by Gasteiger charge is -2.08. The van der Waals surface area contributed by atoms with Gasteiger partial charge in [0.25, 0.3) is 0 Å². The third-order valence-electron chi connectivity index (χ3n) is 1.65. The number of ether oxygens (including phenoxy) is 2. The zero-order valence-electron chi connectivity index (χ0n) is 6.91. The Hall–Kier alpha value is -1.30. The normalized spacial score (nSPS) is 20.6. The molecule has 1 atom stereocenters. The molecule has 14 heavy (non-hydrogen) atoms. The molecule has 6 heteroatoms. The summed E-state index contributed by atoms with van der Waals surface area (Å²) in [5, 5.41) is 0. The van der Waals surface area contributed by atoms with Gasteiger partial charge in [-0.2, -0.15) is 0 Å². The van der Waals surface area contributed by atoms with Crippen LogP contribution in [0.1, 0.15) is 11.8 Å². The fraction of sp³-hybridized carbons (Fsp3) is 0.375. The molecule has 0 bridgehead atoms. The molecule has 0 aromatic carbocycles. The number of epoxide rings is 1. The second-order valence-electron chi connectivity index (χ2n) is 2.79. The lowest BCUT2D eigenvalue weighted by atomic mass is 10.3. The Morgan fingerprint density at radius 3 is 2.79 bits per heavy atom. The summed E-state index contributed by atoms with van der Waals surface area (Å²) >= 11 is 0. The van der Waals surface area contributed by atoms with Crippen LogP contribution in [-0.2, 0) is 4.74 Å². The number of rotatable bonds is 2. The van der Waals surface area contributed by atoms with Gasteiger partial charge in [0, 0.05) is 12.3 Å². The number of pyridine rings is 1. The van der Waals surface area contributed by atoms with Crippen LogP contribution in [-0.4, -0.2) is 18.0 Å². The molecule has 0 radical (unpaired) electrons. The van der Waals surface area contributed by atoms with E-state index in [9.17, 15) is 13.2 Å². The van der Waals surface area contributed by atoms with Crippen molar-refractivity contribution in [1.82, 2.24) is 4.98 Å². The van der Waals surface area contributed by atoms with Gasteiger partial charge >= 0.3 is 6.36 Å². The van der Waals surface area contributed by atoms with Crippen molar-refractivity contribution < 1.29 is 22.6 Å². The van der Waals surface area contributed by atoms with Crippen molar-refractivity contribution in [2.24, 2.45) is 0 Å². The van der Waals surface area contributed by atoms with Gasteiger partial charge in [0.1, 0.15) is 11.9 Å². The first-order valence-corrected chi connectivity index (χ1v) is 3.88. The summed E-state index contributed by atoms with van der Waals surface area (Å²) in [6.45, 7) is 0.502. The van der Waals surface area contributed by atoms with E-state index in [0.29, 0.717) is 12.3 Å². The van der Waals surface area contributed by atoms with Crippen molar-refractivity contribution in [3.63, 3.8) is 0 Å². The SMILES string of the molecule is FC(F)(F)Oc1ccnc(C2CO2)c1. The summed E-state index contributed by atoms with van der Waals surface area (Å²) in [5.41, 5.74) is 0.465. The van der Waals surface area contributed by atoms with Crippen molar-refractivity contribution in [3.05, 3.63) is 24.0 Å². The predicted octanol–water partition coefficient (Wildman–Crippen LogP) is 2.05. The molecule has 76 valence electrons. The minimum atomic E-state index is -4.66. The van der Waals surface area contributed by atoms with Crippen molar-refractivity contribution in [3.8, 4) is 5.75 Å². The quantitative estimate of drug-likeness (QED) is 0.693. The highest BCUT2D eigenvalue weighted by Crippen LogP contribution is 2.31. The molecular weight excluding hydrogens is 199 g/mol. The van der Waals surface area contributed by atoms with E-state index in [1.807, 2.05) is 0 Å². The fourth-order valence-electron chi connectivity index (χ4n) is 1.02. The Balaban J connectivity index is 2.13. The Kier molecular flexibility index (Phi) is 2.07. The van der Waals surface area contributed by atoms with Gasteiger partial charge in [-0.15, -0.1) is 13.2 Å². The summed E-state index contributed by atoms with van der Waals surface area (Å²) in [4.78, 5) is 3.86. The molecule has 2 rings (SSSR count). The van der Waals surface area contributed by atoms with Gasteiger partial charge in [-0.05, 0) is 6.07 Å². The highest BCUT2D eigenvalue weighted by molar-refractivity contribution is 5.25. The highest BCUT2D eigenvalue weighted by Gasteiger charge is 2.32. The van der Waals surface area contributed by atoms with Crippen LogP contribution in [0.15, 0.2) is 18.3 Å². The molecule has 1 aromatic heterocycles. The average molecular weight is 205 g/mol. The molecule has 3 nitrogen and oxygen atoms in total. The summed E-state index contributed by atoms with van der Waals surface area (Å²) < 4.78 is 44.1. The van der Waals surface area contributed by atoms with Crippen molar-refractivity contribution in [2.45, 2.75) is 12.5 Å². The Morgan fingerprint density at radius 2 is 2.21 bits per heavy atom. The van der Waals surface area contributed by atoms with Crippen LogP contribution in [0.5, 0.6) is 5.75 Å². The molecule has 0 saturated carbocycles. The van der Waals surface area contributed by atoms with Crippen LogP contribution in [0.2, 0.25) is 0 Å². The van der Waals surface area contributed by atoms with Crippen LogP contribution >= 0.6 is 0 Å². The second kappa shape index (κ2) is 3.13. The first-order chi connectivity index (χ1) is 6.54. The number of hydrogen-bond donors (Lipinski definition) is 0. The summed E-state index contributed by atoms with van der Waals surface area (Å²) in [6, 6.07) is 2.38. The van der Waals surface area contributed by atoms with Crippen LogP contribution < -0.4 is 4.74 Å². The monoisotopic (exact) mass is 205 g/mol. The van der Waals surface area contributed by atoms with Gasteiger partial charge in [-0.3, -0.25) is 4.98 Å². The minimum absolute atomic E-state index is 0.174. The van der Waals surface area contributed by atoms with E-state index >= 15 is 0 Å². The number of aromatic nitrogens is 1. The fourth-order valence-corrected chi connectivity index (χ4v) is 1.02. The van der Waals surface area contributed by atoms with E-state index in [-0.39, 0.29) is 11.9 Å². The van der Waals surface area contributed by atoms with E-state index in [1.165, 1.54) is 12.3 Å². The molecule has 0 aliphatic carbocycles. The maximum absolute atomic E-state index is 11.8. The molecule has 2 heterocycles. The van der Waals surface area contributed by atoms with Crippen molar-refractivity contribution in [2.75, 3.05) is 6.61 Å². The Morgan fingerprint density at radius 1 is 1.50 bits per heavy atom. The Bertz CT molecular complexity index is 336. The van der Waals surface area contributed by atoms with Crippen LogP contribution in [0.4, 0.5) is 13.2 Å².